The van der Waals surface area contributed by atoms with Crippen molar-refractivity contribution in [1.82, 2.24) is 9.66 Å². The van der Waals surface area contributed by atoms with Gasteiger partial charge in [-0.1, -0.05) is 54.4 Å². The summed E-state index contributed by atoms with van der Waals surface area (Å²) in [7, 11) is 1.50. The third-order valence-corrected chi connectivity index (χ3v) is 6.24. The van der Waals surface area contributed by atoms with Gasteiger partial charge in [0.2, 0.25) is 0 Å². The van der Waals surface area contributed by atoms with Gasteiger partial charge in [0.25, 0.3) is 11.5 Å². The van der Waals surface area contributed by atoms with Crippen molar-refractivity contribution in [2.75, 3.05) is 19.0 Å². The minimum Gasteiger partial charge on any atom is -0.493 e. The number of para-hydroxylation sites is 1. The van der Waals surface area contributed by atoms with Crippen LogP contribution in [0.15, 0.2) is 75.0 Å². The van der Waals surface area contributed by atoms with E-state index in [-0.39, 0.29) is 18.1 Å². The maximum atomic E-state index is 13.5. The zero-order valence-electron chi connectivity index (χ0n) is 21.3. The Hall–Kier alpha value is -3.69. The lowest BCUT2D eigenvalue weighted by Crippen LogP contribution is -2.29. The summed E-state index contributed by atoms with van der Waals surface area (Å²) in [6, 6.07) is 17.4. The number of carbonyl (C=O) groups is 1. The van der Waals surface area contributed by atoms with Crippen LogP contribution in [0.25, 0.3) is 10.9 Å². The predicted octanol–water partition coefficient (Wildman–Crippen LogP) is 6.02. The van der Waals surface area contributed by atoms with Crippen LogP contribution in [0, 0.1) is 0 Å². The van der Waals surface area contributed by atoms with Gasteiger partial charge < -0.3 is 14.8 Å². The summed E-state index contributed by atoms with van der Waals surface area (Å²) in [6.45, 7) is 5.61. The molecule has 10 heteroatoms. The molecule has 0 atom stereocenters. The molecule has 0 aliphatic rings. The molecule has 1 amide bonds. The van der Waals surface area contributed by atoms with Crippen molar-refractivity contribution in [2.24, 2.45) is 5.10 Å². The van der Waals surface area contributed by atoms with Crippen LogP contribution in [-0.2, 0) is 10.2 Å². The summed E-state index contributed by atoms with van der Waals surface area (Å²) in [4.78, 5) is 30.7. The lowest BCUT2D eigenvalue weighted by molar-refractivity contribution is -0.118. The van der Waals surface area contributed by atoms with Crippen LogP contribution in [0.4, 0.5) is 5.69 Å². The van der Waals surface area contributed by atoms with Crippen LogP contribution >= 0.6 is 27.5 Å². The van der Waals surface area contributed by atoms with Gasteiger partial charge in [0.1, 0.15) is 5.82 Å². The van der Waals surface area contributed by atoms with Gasteiger partial charge in [-0.25, -0.2) is 4.98 Å². The normalized spacial score (nSPS) is 11.6. The Balaban J connectivity index is 1.68. The van der Waals surface area contributed by atoms with Gasteiger partial charge in [-0.05, 0) is 54.6 Å². The van der Waals surface area contributed by atoms with Gasteiger partial charge in [0.05, 0.1) is 24.2 Å². The van der Waals surface area contributed by atoms with Gasteiger partial charge in [-0.2, -0.15) is 9.78 Å². The molecule has 8 nitrogen and oxygen atoms in total. The van der Waals surface area contributed by atoms with Crippen molar-refractivity contribution in [3.8, 4) is 11.5 Å². The number of aromatic nitrogens is 2. The van der Waals surface area contributed by atoms with E-state index >= 15 is 0 Å². The molecule has 1 aromatic heterocycles. The first-order valence-electron chi connectivity index (χ1n) is 11.7. The van der Waals surface area contributed by atoms with E-state index in [9.17, 15) is 9.59 Å². The van der Waals surface area contributed by atoms with Gasteiger partial charge >= 0.3 is 0 Å². The number of nitrogens with zero attached hydrogens (tertiary/aromatic N) is 3. The smallest absolute Gasteiger partial charge is 0.282 e. The van der Waals surface area contributed by atoms with Crippen molar-refractivity contribution < 1.29 is 14.3 Å². The molecular weight excluding hydrogens is 572 g/mol. The van der Waals surface area contributed by atoms with Crippen molar-refractivity contribution in [3.05, 3.63) is 91.9 Å². The molecule has 0 fully saturated rings. The topological polar surface area (TPSA) is 94.8 Å². The molecule has 0 radical (unpaired) electrons. The highest BCUT2D eigenvalue weighted by Gasteiger charge is 2.23. The maximum absolute atomic E-state index is 13.5. The number of hydrogen-bond acceptors (Lipinski definition) is 6. The van der Waals surface area contributed by atoms with Crippen LogP contribution in [0.2, 0.25) is 5.02 Å². The molecule has 0 unspecified atom stereocenters. The number of fused-ring (bicyclic) bond motifs is 1. The third kappa shape index (κ3) is 6.23. The molecule has 4 rings (SSSR count). The highest BCUT2D eigenvalue weighted by atomic mass is 79.9. The fourth-order valence-electron chi connectivity index (χ4n) is 3.68. The highest BCUT2D eigenvalue weighted by Crippen LogP contribution is 2.30. The SMILES string of the molecule is COc1cccc(C=Nn2c(C(C)(C)C)nc3ccc(Br)cc3c2=O)c1OCC(=O)Nc1ccc(Cl)cc1. The fourth-order valence-corrected chi connectivity index (χ4v) is 4.17. The number of anilines is 1. The quantitative estimate of drug-likeness (QED) is 0.263. The lowest BCUT2D eigenvalue weighted by atomic mass is 9.95. The summed E-state index contributed by atoms with van der Waals surface area (Å²) >= 11 is 9.32. The average Bonchev–Trinajstić information content (AvgIpc) is 2.88. The number of methoxy groups -OCH3 is 1. The van der Waals surface area contributed by atoms with E-state index in [0.29, 0.717) is 44.5 Å². The maximum Gasteiger partial charge on any atom is 0.282 e. The molecule has 196 valence electrons. The Morgan fingerprint density at radius 1 is 1.16 bits per heavy atom. The van der Waals surface area contributed by atoms with E-state index < -0.39 is 5.41 Å². The Labute approximate surface area is 233 Å². The van der Waals surface area contributed by atoms with E-state index in [1.165, 1.54) is 18.0 Å². The Bertz CT molecular complexity index is 1580. The number of benzene rings is 3. The standard InChI is InChI=1S/C28H26BrClN4O4/c1-28(2,3)27-33-22-13-8-18(29)14-21(22)26(36)34(27)31-15-17-6-5-7-23(37-4)25(17)38-16-24(35)32-20-11-9-19(30)10-12-20/h5-15H,16H2,1-4H3,(H,32,35). The second kappa shape index (κ2) is 11.4. The predicted molar refractivity (Wildman–Crippen MR) is 154 cm³/mol. The van der Waals surface area contributed by atoms with Crippen molar-refractivity contribution in [3.63, 3.8) is 0 Å². The first-order chi connectivity index (χ1) is 18.1. The average molecular weight is 598 g/mol. The number of nitrogens with one attached hydrogen (secondary N) is 1. The molecule has 4 aromatic rings. The number of carbonyl (C=O) groups excluding carboxylic acids is 1. The third-order valence-electron chi connectivity index (χ3n) is 5.50. The molecule has 1 heterocycles. The fraction of sp³-hybridized carbons (Fsp3) is 0.214. The minimum atomic E-state index is -0.467. The molecule has 0 spiro atoms. The van der Waals surface area contributed by atoms with Crippen LogP contribution < -0.4 is 20.3 Å². The molecule has 3 aromatic carbocycles. The molecule has 0 aliphatic heterocycles. The Morgan fingerprint density at radius 3 is 2.58 bits per heavy atom. The summed E-state index contributed by atoms with van der Waals surface area (Å²) in [6.07, 6.45) is 1.50. The zero-order chi connectivity index (χ0) is 27.4. The van der Waals surface area contributed by atoms with Crippen molar-refractivity contribution in [2.45, 2.75) is 26.2 Å². The van der Waals surface area contributed by atoms with E-state index in [1.807, 2.05) is 26.8 Å². The van der Waals surface area contributed by atoms with E-state index in [2.05, 4.69) is 26.3 Å². The molecule has 0 saturated heterocycles. The summed E-state index contributed by atoms with van der Waals surface area (Å²) in [5.41, 5.74) is 0.932. The largest absolute Gasteiger partial charge is 0.493 e. The highest BCUT2D eigenvalue weighted by molar-refractivity contribution is 9.10. The van der Waals surface area contributed by atoms with Crippen LogP contribution in [0.1, 0.15) is 32.2 Å². The van der Waals surface area contributed by atoms with Gasteiger partial charge in [-0.3, -0.25) is 9.59 Å². The van der Waals surface area contributed by atoms with Crippen LogP contribution in [0.5, 0.6) is 11.5 Å². The number of ether oxygens (including phenoxy) is 2. The monoisotopic (exact) mass is 596 g/mol. The molecule has 38 heavy (non-hydrogen) atoms. The number of rotatable bonds is 7. The van der Waals surface area contributed by atoms with Gasteiger partial charge in [0, 0.05) is 26.2 Å². The second-order valence-corrected chi connectivity index (χ2v) is 10.8. The summed E-state index contributed by atoms with van der Waals surface area (Å²) in [5, 5.41) is 8.27. The first-order valence-corrected chi connectivity index (χ1v) is 12.9. The molecular formula is C28H26BrClN4O4. The summed E-state index contributed by atoms with van der Waals surface area (Å²) in [5.74, 6) is 0.863. The van der Waals surface area contributed by atoms with Crippen LogP contribution in [0.3, 0.4) is 0 Å². The first kappa shape index (κ1) is 27.3. The number of amides is 1. The van der Waals surface area contributed by atoms with E-state index in [1.54, 1.807) is 54.6 Å². The summed E-state index contributed by atoms with van der Waals surface area (Å²) < 4.78 is 13.4. The van der Waals surface area contributed by atoms with E-state index in [0.717, 1.165) is 4.47 Å². The Morgan fingerprint density at radius 2 is 1.89 bits per heavy atom. The van der Waals surface area contributed by atoms with Gasteiger partial charge in [-0.15, -0.1) is 0 Å². The number of hydrogen-bond donors (Lipinski definition) is 1. The van der Waals surface area contributed by atoms with E-state index in [4.69, 9.17) is 26.1 Å². The molecule has 1 N–H and O–H groups in total. The van der Waals surface area contributed by atoms with Crippen molar-refractivity contribution in [1.29, 1.82) is 0 Å². The lowest BCUT2D eigenvalue weighted by Gasteiger charge is -2.21. The van der Waals surface area contributed by atoms with Crippen LogP contribution in [-0.4, -0.2) is 35.5 Å². The second-order valence-electron chi connectivity index (χ2n) is 9.43. The molecule has 0 bridgehead atoms. The zero-order valence-corrected chi connectivity index (χ0v) is 23.6. The van der Waals surface area contributed by atoms with Gasteiger partial charge in [0.15, 0.2) is 18.1 Å². The molecule has 0 saturated carbocycles. The Kier molecular flexibility index (Phi) is 8.18. The minimum absolute atomic E-state index is 0.275. The molecule has 0 aliphatic carbocycles. The van der Waals surface area contributed by atoms with Crippen molar-refractivity contribution >= 4 is 56.2 Å². The number of halogens is 2.